The Kier molecular flexibility index (Phi) is 5.89. The Morgan fingerprint density at radius 3 is 2.75 bits per heavy atom. The maximum absolute atomic E-state index is 6.20. The van der Waals surface area contributed by atoms with Crippen molar-refractivity contribution in [2.24, 2.45) is 5.73 Å². The van der Waals surface area contributed by atoms with E-state index in [4.69, 9.17) is 17.3 Å². The van der Waals surface area contributed by atoms with Crippen LogP contribution in [0.2, 0.25) is 0 Å². The lowest BCUT2D eigenvalue weighted by molar-refractivity contribution is 0.524. The topological polar surface area (TPSA) is 26.0 Å². The van der Waals surface area contributed by atoms with E-state index in [2.05, 4.69) is 0 Å². The van der Waals surface area contributed by atoms with Crippen LogP contribution in [-0.4, -0.2) is 22.9 Å². The normalized spacial score (nSPS) is 30.5. The first kappa shape index (κ1) is 11.0. The molecule has 1 aliphatic rings. The molecule has 2 N–H and O–H groups in total. The van der Waals surface area contributed by atoms with Crippen LogP contribution in [0.3, 0.4) is 0 Å². The van der Waals surface area contributed by atoms with E-state index in [-0.39, 0.29) is 0 Å². The molecule has 0 aromatic rings. The molecule has 12 heavy (non-hydrogen) atoms. The fourth-order valence-corrected chi connectivity index (χ4v) is 4.64. The van der Waals surface area contributed by atoms with Gasteiger partial charge in [0, 0.05) is 22.9 Å². The molecule has 0 heterocycles. The minimum absolute atomic E-state index is 0.397. The Morgan fingerprint density at radius 1 is 1.33 bits per heavy atom. The number of nitrogens with two attached hydrogens (primary N) is 1. The molecule has 1 rings (SSSR count). The molecular formula is C8H16ClNS2. The second kappa shape index (κ2) is 6.41. The van der Waals surface area contributed by atoms with Crippen molar-refractivity contribution in [2.45, 2.75) is 36.3 Å². The van der Waals surface area contributed by atoms with E-state index < -0.39 is 0 Å². The second-order valence-corrected chi connectivity index (χ2v) is 6.33. The smallest absolute Gasteiger partial charge is 0.0463 e. The zero-order valence-electron chi connectivity index (χ0n) is 7.17. The summed E-state index contributed by atoms with van der Waals surface area (Å²) >= 11 is 6.20. The van der Waals surface area contributed by atoms with Gasteiger partial charge in [0.05, 0.1) is 0 Å². The zero-order valence-corrected chi connectivity index (χ0v) is 9.56. The summed E-state index contributed by atoms with van der Waals surface area (Å²) in [7, 11) is 3.81. The van der Waals surface area contributed by atoms with E-state index >= 15 is 0 Å². The number of hydrogen-bond donors (Lipinski definition) is 1. The molecule has 1 nitrogen and oxygen atoms in total. The number of rotatable bonds is 4. The van der Waals surface area contributed by atoms with Crippen LogP contribution in [0.4, 0.5) is 0 Å². The molecule has 4 heteroatoms. The first-order valence-electron chi connectivity index (χ1n) is 4.47. The summed E-state index contributed by atoms with van der Waals surface area (Å²) in [5, 5.41) is 1.06. The predicted molar refractivity (Wildman–Crippen MR) is 61.0 cm³/mol. The molecule has 0 aliphatic heterocycles. The van der Waals surface area contributed by atoms with E-state index in [9.17, 15) is 0 Å². The monoisotopic (exact) mass is 225 g/mol. The largest absolute Gasteiger partial charge is 0.330 e. The van der Waals surface area contributed by atoms with E-state index in [0.717, 1.165) is 12.3 Å². The highest BCUT2D eigenvalue weighted by molar-refractivity contribution is 8.77. The lowest BCUT2D eigenvalue weighted by Crippen LogP contribution is -2.21. The van der Waals surface area contributed by atoms with E-state index in [1.54, 1.807) is 0 Å². The predicted octanol–water partition coefficient (Wildman–Crippen LogP) is 2.88. The molecule has 72 valence electrons. The molecule has 0 aromatic carbocycles. The highest BCUT2D eigenvalue weighted by Gasteiger charge is 2.23. The summed E-state index contributed by atoms with van der Waals surface area (Å²) in [6, 6.07) is 0. The highest BCUT2D eigenvalue weighted by Crippen LogP contribution is 2.38. The number of halogens is 1. The third-order valence-electron chi connectivity index (χ3n) is 2.01. The Labute approximate surface area is 87.6 Å². The van der Waals surface area contributed by atoms with Gasteiger partial charge in [-0.25, -0.2) is 0 Å². The van der Waals surface area contributed by atoms with Gasteiger partial charge in [-0.3, -0.25) is 0 Å². The Morgan fingerprint density at radius 2 is 2.08 bits per heavy atom. The van der Waals surface area contributed by atoms with Gasteiger partial charge in [-0.2, -0.15) is 0 Å². The van der Waals surface area contributed by atoms with Crippen LogP contribution in [0.1, 0.15) is 25.7 Å². The van der Waals surface area contributed by atoms with E-state index in [1.807, 2.05) is 21.6 Å². The zero-order chi connectivity index (χ0) is 8.81. The van der Waals surface area contributed by atoms with Gasteiger partial charge in [-0.05, 0) is 12.8 Å². The molecule has 1 aliphatic carbocycles. The van der Waals surface area contributed by atoms with Gasteiger partial charge in [-0.15, -0.1) is 11.6 Å². The van der Waals surface area contributed by atoms with Gasteiger partial charge < -0.3 is 5.73 Å². The Bertz CT molecular complexity index is 124. The fraction of sp³-hybridized carbons (Fsp3) is 1.00. The summed E-state index contributed by atoms with van der Waals surface area (Å²) in [5.74, 6) is 1.05. The summed E-state index contributed by atoms with van der Waals surface area (Å²) in [6.07, 6.45) is 5.15. The quantitative estimate of drug-likeness (QED) is 0.453. The van der Waals surface area contributed by atoms with Crippen LogP contribution >= 0.6 is 33.2 Å². The summed E-state index contributed by atoms with van der Waals surface area (Å²) < 4.78 is 0. The minimum atomic E-state index is 0.397. The standard InChI is InChI=1S/C8H16ClNS2/c9-7-3-1-2-4-8(7)12-11-6-5-10/h7-8H,1-6,10H2/t7-,8-/m1/s1. The van der Waals surface area contributed by atoms with Crippen molar-refractivity contribution in [3.8, 4) is 0 Å². The van der Waals surface area contributed by atoms with Gasteiger partial charge in [0.1, 0.15) is 0 Å². The second-order valence-electron chi connectivity index (χ2n) is 3.05. The minimum Gasteiger partial charge on any atom is -0.330 e. The van der Waals surface area contributed by atoms with Crippen molar-refractivity contribution >= 4 is 33.2 Å². The third-order valence-corrected chi connectivity index (χ3v) is 5.69. The van der Waals surface area contributed by atoms with Crippen LogP contribution in [0.5, 0.6) is 0 Å². The molecule has 2 atom stereocenters. The van der Waals surface area contributed by atoms with Crippen LogP contribution < -0.4 is 5.73 Å². The Hall–Kier alpha value is 0.950. The average molecular weight is 226 g/mol. The molecule has 0 saturated heterocycles. The maximum Gasteiger partial charge on any atom is 0.0463 e. The van der Waals surface area contributed by atoms with Crippen molar-refractivity contribution < 1.29 is 0 Å². The van der Waals surface area contributed by atoms with Gasteiger partial charge in [0.2, 0.25) is 0 Å². The molecule has 0 unspecified atom stereocenters. The van der Waals surface area contributed by atoms with Crippen molar-refractivity contribution in [3.05, 3.63) is 0 Å². The summed E-state index contributed by atoms with van der Waals surface area (Å²) in [5.41, 5.74) is 5.41. The van der Waals surface area contributed by atoms with Crippen LogP contribution in [-0.2, 0) is 0 Å². The van der Waals surface area contributed by atoms with Gasteiger partial charge in [0.15, 0.2) is 0 Å². The van der Waals surface area contributed by atoms with Crippen molar-refractivity contribution in [1.82, 2.24) is 0 Å². The van der Waals surface area contributed by atoms with Crippen LogP contribution in [0, 0.1) is 0 Å². The third kappa shape index (κ3) is 3.77. The molecule has 0 radical (unpaired) electrons. The number of hydrogen-bond acceptors (Lipinski definition) is 3. The Balaban J connectivity index is 2.11. The molecule has 1 fully saturated rings. The first-order chi connectivity index (χ1) is 5.84. The maximum atomic E-state index is 6.20. The average Bonchev–Trinajstić information content (AvgIpc) is 2.09. The van der Waals surface area contributed by atoms with Gasteiger partial charge in [-0.1, -0.05) is 34.4 Å². The fourth-order valence-electron chi connectivity index (χ4n) is 1.34. The summed E-state index contributed by atoms with van der Waals surface area (Å²) in [6.45, 7) is 0.775. The molecule has 0 aromatic heterocycles. The van der Waals surface area contributed by atoms with Crippen molar-refractivity contribution in [2.75, 3.05) is 12.3 Å². The van der Waals surface area contributed by atoms with Gasteiger partial charge >= 0.3 is 0 Å². The SMILES string of the molecule is NCCSS[C@@H]1CCCC[C@H]1Cl. The van der Waals surface area contributed by atoms with E-state index in [1.165, 1.54) is 25.7 Å². The molecule has 0 amide bonds. The molecule has 0 spiro atoms. The van der Waals surface area contributed by atoms with Crippen LogP contribution in [0.15, 0.2) is 0 Å². The van der Waals surface area contributed by atoms with Crippen molar-refractivity contribution in [1.29, 1.82) is 0 Å². The lowest BCUT2D eigenvalue weighted by Gasteiger charge is -2.25. The highest BCUT2D eigenvalue weighted by atomic mass is 35.5. The lowest BCUT2D eigenvalue weighted by atomic mass is 10.00. The number of alkyl halides is 1. The van der Waals surface area contributed by atoms with Gasteiger partial charge in [0.25, 0.3) is 0 Å². The van der Waals surface area contributed by atoms with Crippen LogP contribution in [0.25, 0.3) is 0 Å². The molecule has 0 bridgehead atoms. The molecular weight excluding hydrogens is 210 g/mol. The van der Waals surface area contributed by atoms with E-state index in [0.29, 0.717) is 10.6 Å². The molecule has 1 saturated carbocycles. The van der Waals surface area contributed by atoms with Crippen molar-refractivity contribution in [3.63, 3.8) is 0 Å². The summed E-state index contributed by atoms with van der Waals surface area (Å²) in [4.78, 5) is 0. The first-order valence-corrected chi connectivity index (χ1v) is 7.29.